The summed E-state index contributed by atoms with van der Waals surface area (Å²) >= 11 is 5.92. The quantitative estimate of drug-likeness (QED) is 0.631. The molecule has 1 aromatic heterocycles. The molecule has 1 aliphatic heterocycles. The van der Waals surface area contributed by atoms with Gasteiger partial charge in [-0.2, -0.15) is 0 Å². The lowest BCUT2D eigenvalue weighted by Crippen LogP contribution is -2.41. The Morgan fingerprint density at radius 3 is 2.58 bits per heavy atom. The first-order valence-corrected chi connectivity index (χ1v) is 10.7. The molecule has 0 bridgehead atoms. The minimum absolute atomic E-state index is 0.0429. The van der Waals surface area contributed by atoms with Crippen LogP contribution in [0.1, 0.15) is 28.8 Å². The zero-order valence-corrected chi connectivity index (χ0v) is 17.7. The molecule has 3 aromatic rings. The summed E-state index contributed by atoms with van der Waals surface area (Å²) in [6.07, 6.45) is 3.81. The minimum Gasteiger partial charge on any atom is -0.391 e. The Morgan fingerprint density at radius 1 is 1.06 bits per heavy atom. The average Bonchev–Trinajstić information content (AvgIpc) is 3.20. The molecule has 1 aliphatic rings. The van der Waals surface area contributed by atoms with E-state index in [-0.39, 0.29) is 24.7 Å². The molecular weight excluding hydrogens is 412 g/mol. The molecule has 2 heterocycles. The lowest BCUT2D eigenvalue weighted by atomic mass is 9.98. The molecule has 4 rings (SSSR count). The summed E-state index contributed by atoms with van der Waals surface area (Å²) < 4.78 is 0. The second kappa shape index (κ2) is 9.41. The number of pyridine rings is 1. The van der Waals surface area contributed by atoms with Crippen LogP contribution in [0, 0.1) is 0 Å². The van der Waals surface area contributed by atoms with Gasteiger partial charge in [-0.25, -0.2) is 0 Å². The second-order valence-corrected chi connectivity index (χ2v) is 8.18. The molecule has 0 radical (unpaired) electrons. The van der Waals surface area contributed by atoms with Crippen molar-refractivity contribution in [1.29, 1.82) is 0 Å². The van der Waals surface area contributed by atoms with Crippen LogP contribution in [-0.2, 0) is 11.2 Å². The summed E-state index contributed by atoms with van der Waals surface area (Å²) in [6, 6.07) is 17.8. The summed E-state index contributed by atoms with van der Waals surface area (Å²) in [6.45, 7) is 0.150. The molecule has 2 atom stereocenters. The number of Topliss-reactive ketones (excluding diaryl/α,β-unsaturated/α-hetero) is 1. The van der Waals surface area contributed by atoms with Crippen molar-refractivity contribution in [3.8, 4) is 11.1 Å². The first-order chi connectivity index (χ1) is 15.0. The van der Waals surface area contributed by atoms with E-state index in [0.29, 0.717) is 23.4 Å². The number of likely N-dealkylation sites (tertiary alicyclic amines) is 1. The molecule has 6 heteroatoms. The second-order valence-electron chi connectivity index (χ2n) is 7.74. The topological polar surface area (TPSA) is 70.5 Å². The first-order valence-electron chi connectivity index (χ1n) is 10.3. The van der Waals surface area contributed by atoms with Crippen molar-refractivity contribution < 1.29 is 14.7 Å². The number of hydrogen-bond donors (Lipinski definition) is 1. The van der Waals surface area contributed by atoms with Crippen LogP contribution in [0.15, 0.2) is 73.1 Å². The van der Waals surface area contributed by atoms with Gasteiger partial charge >= 0.3 is 0 Å². The summed E-state index contributed by atoms with van der Waals surface area (Å²) in [5.41, 5.74) is 3.10. The molecular formula is C25H23ClN2O3. The van der Waals surface area contributed by atoms with Gasteiger partial charge in [-0.1, -0.05) is 48.0 Å². The Hall–Kier alpha value is -3.02. The number of halogens is 1. The fourth-order valence-corrected chi connectivity index (χ4v) is 4.15. The van der Waals surface area contributed by atoms with Crippen molar-refractivity contribution in [2.45, 2.75) is 31.4 Å². The molecule has 0 unspecified atom stereocenters. The predicted molar refractivity (Wildman–Crippen MR) is 120 cm³/mol. The van der Waals surface area contributed by atoms with E-state index in [2.05, 4.69) is 4.98 Å². The van der Waals surface area contributed by atoms with Crippen LogP contribution < -0.4 is 0 Å². The van der Waals surface area contributed by atoms with Crippen molar-refractivity contribution in [2.24, 2.45) is 0 Å². The van der Waals surface area contributed by atoms with Crippen LogP contribution in [0.2, 0.25) is 5.02 Å². The van der Waals surface area contributed by atoms with E-state index in [0.717, 1.165) is 16.7 Å². The van der Waals surface area contributed by atoms with Crippen LogP contribution in [-0.4, -0.2) is 45.4 Å². The number of carbonyl (C=O) groups excluding carboxylic acids is 2. The molecule has 2 aromatic carbocycles. The third kappa shape index (κ3) is 4.84. The molecule has 1 saturated heterocycles. The SMILES string of the molecule is O=C(CCc1ccc(Cl)cc1)[C@@H]1C[C@@H](O)CN1C(=O)c1ccccc1-c1cccnc1. The fourth-order valence-electron chi connectivity index (χ4n) is 4.03. The first kappa shape index (κ1) is 21.2. The number of rotatable bonds is 6. The molecule has 1 N–H and O–H groups in total. The zero-order chi connectivity index (χ0) is 21.8. The highest BCUT2D eigenvalue weighted by atomic mass is 35.5. The number of aliphatic hydroxyl groups is 1. The van der Waals surface area contributed by atoms with Crippen LogP contribution in [0.3, 0.4) is 0 Å². The lowest BCUT2D eigenvalue weighted by Gasteiger charge is -2.24. The lowest BCUT2D eigenvalue weighted by molar-refractivity contribution is -0.122. The van der Waals surface area contributed by atoms with Gasteiger partial charge in [0.1, 0.15) is 0 Å². The van der Waals surface area contributed by atoms with Crippen LogP contribution in [0.5, 0.6) is 0 Å². The number of hydrogen-bond acceptors (Lipinski definition) is 4. The van der Waals surface area contributed by atoms with Gasteiger partial charge in [-0.15, -0.1) is 0 Å². The largest absolute Gasteiger partial charge is 0.391 e. The number of β-amino-alcohol motifs (C(OH)–C–C–N with tert-alkyl or cyclic N) is 1. The van der Waals surface area contributed by atoms with Gasteiger partial charge in [0, 0.05) is 47.9 Å². The number of carbonyl (C=O) groups is 2. The van der Waals surface area contributed by atoms with E-state index in [1.807, 2.05) is 36.4 Å². The average molecular weight is 435 g/mol. The summed E-state index contributed by atoms with van der Waals surface area (Å²) in [5, 5.41) is 10.9. The van der Waals surface area contributed by atoms with Crippen LogP contribution in [0.25, 0.3) is 11.1 Å². The molecule has 0 saturated carbocycles. The number of benzene rings is 2. The molecule has 5 nitrogen and oxygen atoms in total. The smallest absolute Gasteiger partial charge is 0.255 e. The van der Waals surface area contributed by atoms with E-state index in [9.17, 15) is 14.7 Å². The number of aromatic nitrogens is 1. The van der Waals surface area contributed by atoms with Crippen LogP contribution >= 0.6 is 11.6 Å². The summed E-state index contributed by atoms with van der Waals surface area (Å²) in [4.78, 5) is 32.1. The molecule has 31 heavy (non-hydrogen) atoms. The number of nitrogens with zero attached hydrogens (tertiary/aromatic N) is 2. The Balaban J connectivity index is 1.53. The predicted octanol–water partition coefficient (Wildman–Crippen LogP) is 4.18. The Labute approximate surface area is 186 Å². The maximum Gasteiger partial charge on any atom is 0.255 e. The highest BCUT2D eigenvalue weighted by Crippen LogP contribution is 2.28. The molecule has 1 amide bonds. The van der Waals surface area contributed by atoms with Crippen molar-refractivity contribution in [3.05, 3.63) is 89.2 Å². The maximum atomic E-state index is 13.4. The monoisotopic (exact) mass is 434 g/mol. The third-order valence-corrected chi connectivity index (χ3v) is 5.87. The van der Waals surface area contributed by atoms with Gasteiger partial charge < -0.3 is 10.0 Å². The number of aliphatic hydroxyl groups excluding tert-OH is 1. The van der Waals surface area contributed by atoms with E-state index in [1.165, 1.54) is 4.90 Å². The standard InChI is InChI=1S/C25H23ClN2O3/c26-19-10-7-17(8-11-19)9-12-24(30)23-14-20(29)16-28(23)25(31)22-6-2-1-5-21(22)18-4-3-13-27-15-18/h1-8,10-11,13,15,20,23,29H,9,12,14,16H2/t20-,23+/m1/s1. The minimum atomic E-state index is -0.709. The zero-order valence-electron chi connectivity index (χ0n) is 16.9. The van der Waals surface area contributed by atoms with E-state index in [1.54, 1.807) is 36.7 Å². The van der Waals surface area contributed by atoms with E-state index < -0.39 is 12.1 Å². The Bertz CT molecular complexity index is 1070. The normalized spacial score (nSPS) is 18.2. The van der Waals surface area contributed by atoms with Gasteiger partial charge in [0.15, 0.2) is 5.78 Å². The number of ketones is 1. The van der Waals surface area contributed by atoms with Gasteiger partial charge in [-0.3, -0.25) is 14.6 Å². The maximum absolute atomic E-state index is 13.4. The van der Waals surface area contributed by atoms with Crippen molar-refractivity contribution >= 4 is 23.3 Å². The van der Waals surface area contributed by atoms with Crippen molar-refractivity contribution in [2.75, 3.05) is 6.54 Å². The van der Waals surface area contributed by atoms with Gasteiger partial charge in [0.05, 0.1) is 12.1 Å². The highest BCUT2D eigenvalue weighted by Gasteiger charge is 2.39. The van der Waals surface area contributed by atoms with Gasteiger partial charge in [-0.05, 0) is 41.8 Å². The highest BCUT2D eigenvalue weighted by molar-refractivity contribution is 6.30. The fraction of sp³-hybridized carbons (Fsp3) is 0.240. The van der Waals surface area contributed by atoms with E-state index >= 15 is 0 Å². The van der Waals surface area contributed by atoms with Crippen molar-refractivity contribution in [1.82, 2.24) is 9.88 Å². The Morgan fingerprint density at radius 2 is 1.84 bits per heavy atom. The van der Waals surface area contributed by atoms with E-state index in [4.69, 9.17) is 11.6 Å². The summed E-state index contributed by atoms with van der Waals surface area (Å²) in [5.74, 6) is -0.292. The van der Waals surface area contributed by atoms with Gasteiger partial charge in [0.2, 0.25) is 0 Å². The molecule has 0 spiro atoms. The molecule has 1 fully saturated rings. The summed E-state index contributed by atoms with van der Waals surface area (Å²) in [7, 11) is 0. The number of aryl methyl sites for hydroxylation is 1. The van der Waals surface area contributed by atoms with Gasteiger partial charge in [0.25, 0.3) is 5.91 Å². The molecule has 158 valence electrons. The van der Waals surface area contributed by atoms with Crippen molar-refractivity contribution in [3.63, 3.8) is 0 Å². The number of amides is 1. The molecule has 0 aliphatic carbocycles. The third-order valence-electron chi connectivity index (χ3n) is 5.61. The Kier molecular flexibility index (Phi) is 6.44. The van der Waals surface area contributed by atoms with Crippen LogP contribution in [0.4, 0.5) is 0 Å².